The van der Waals surface area contributed by atoms with Crippen LogP contribution in [-0.4, -0.2) is 5.11 Å². The number of hydrogen-bond acceptors (Lipinski definition) is 1. The molecular weight excluding hydrogens is 300 g/mol. The van der Waals surface area contributed by atoms with E-state index in [1.54, 1.807) is 0 Å². The Kier molecular flexibility index (Phi) is 4.21. The van der Waals surface area contributed by atoms with E-state index in [0.29, 0.717) is 11.4 Å². The van der Waals surface area contributed by atoms with E-state index in [2.05, 4.69) is 15.9 Å². The standard InChI is InChI=1S/C14H12BrClO/c15-12-5-3-11(4-6-12)14(17)9-10-1-7-13(16)8-2-10/h1-8,14,17H,9H2. The lowest BCUT2D eigenvalue weighted by atomic mass is 10.0. The van der Waals surface area contributed by atoms with Gasteiger partial charge in [0.1, 0.15) is 0 Å². The summed E-state index contributed by atoms with van der Waals surface area (Å²) in [6.45, 7) is 0. The average Bonchev–Trinajstić information content (AvgIpc) is 2.33. The van der Waals surface area contributed by atoms with Gasteiger partial charge in [0.25, 0.3) is 0 Å². The number of aliphatic hydroxyl groups excluding tert-OH is 1. The van der Waals surface area contributed by atoms with Gasteiger partial charge < -0.3 is 5.11 Å². The van der Waals surface area contributed by atoms with Gasteiger partial charge >= 0.3 is 0 Å². The van der Waals surface area contributed by atoms with Crippen LogP contribution in [0.5, 0.6) is 0 Å². The van der Waals surface area contributed by atoms with Crippen LogP contribution in [0.25, 0.3) is 0 Å². The molecule has 1 N–H and O–H groups in total. The fourth-order valence-corrected chi connectivity index (χ4v) is 2.04. The summed E-state index contributed by atoms with van der Waals surface area (Å²) in [6.07, 6.45) is 0.114. The summed E-state index contributed by atoms with van der Waals surface area (Å²) >= 11 is 9.19. The van der Waals surface area contributed by atoms with Crippen molar-refractivity contribution in [2.24, 2.45) is 0 Å². The summed E-state index contributed by atoms with van der Waals surface area (Å²) in [5.74, 6) is 0. The van der Waals surface area contributed by atoms with Crippen LogP contribution in [0.1, 0.15) is 17.2 Å². The van der Waals surface area contributed by atoms with Gasteiger partial charge in [-0.3, -0.25) is 0 Å². The maximum absolute atomic E-state index is 10.1. The van der Waals surface area contributed by atoms with E-state index >= 15 is 0 Å². The second-order valence-electron chi connectivity index (χ2n) is 3.90. The highest BCUT2D eigenvalue weighted by Crippen LogP contribution is 2.21. The number of rotatable bonds is 3. The molecule has 0 aliphatic rings. The molecule has 0 aliphatic heterocycles. The van der Waals surface area contributed by atoms with E-state index in [0.717, 1.165) is 15.6 Å². The van der Waals surface area contributed by atoms with E-state index in [1.165, 1.54) is 0 Å². The smallest absolute Gasteiger partial charge is 0.0830 e. The molecule has 0 heterocycles. The molecule has 0 aliphatic carbocycles. The number of halogens is 2. The van der Waals surface area contributed by atoms with Gasteiger partial charge in [-0.15, -0.1) is 0 Å². The highest BCUT2D eigenvalue weighted by molar-refractivity contribution is 9.10. The molecule has 0 bridgehead atoms. The molecule has 88 valence electrons. The van der Waals surface area contributed by atoms with Gasteiger partial charge in [0.2, 0.25) is 0 Å². The average molecular weight is 312 g/mol. The minimum Gasteiger partial charge on any atom is -0.388 e. The second kappa shape index (κ2) is 5.67. The lowest BCUT2D eigenvalue weighted by Gasteiger charge is -2.11. The van der Waals surface area contributed by atoms with Crippen LogP contribution >= 0.6 is 27.5 Å². The summed E-state index contributed by atoms with van der Waals surface area (Å²) in [7, 11) is 0. The normalized spacial score (nSPS) is 12.4. The molecule has 0 fully saturated rings. The van der Waals surface area contributed by atoms with Crippen LogP contribution in [0.4, 0.5) is 0 Å². The van der Waals surface area contributed by atoms with Gasteiger partial charge in [0, 0.05) is 15.9 Å². The van der Waals surface area contributed by atoms with Crippen molar-refractivity contribution < 1.29 is 5.11 Å². The Balaban J connectivity index is 2.08. The van der Waals surface area contributed by atoms with E-state index in [1.807, 2.05) is 48.5 Å². The zero-order chi connectivity index (χ0) is 12.3. The Morgan fingerprint density at radius 3 is 2.18 bits per heavy atom. The van der Waals surface area contributed by atoms with Crippen molar-refractivity contribution in [3.63, 3.8) is 0 Å². The third-order valence-electron chi connectivity index (χ3n) is 2.60. The molecule has 1 nitrogen and oxygen atoms in total. The van der Waals surface area contributed by atoms with Gasteiger partial charge in [-0.1, -0.05) is 51.8 Å². The van der Waals surface area contributed by atoms with Crippen LogP contribution < -0.4 is 0 Å². The fourth-order valence-electron chi connectivity index (χ4n) is 1.65. The molecule has 0 spiro atoms. The molecule has 17 heavy (non-hydrogen) atoms. The third-order valence-corrected chi connectivity index (χ3v) is 3.38. The first-order valence-corrected chi connectivity index (χ1v) is 6.50. The zero-order valence-corrected chi connectivity index (χ0v) is 11.4. The highest BCUT2D eigenvalue weighted by atomic mass is 79.9. The maximum atomic E-state index is 10.1. The van der Waals surface area contributed by atoms with Gasteiger partial charge in [0.05, 0.1) is 6.10 Å². The quantitative estimate of drug-likeness (QED) is 0.892. The van der Waals surface area contributed by atoms with Gasteiger partial charge in [-0.05, 0) is 35.4 Å². The molecule has 0 saturated carbocycles. The molecule has 0 saturated heterocycles. The molecule has 0 radical (unpaired) electrons. The minimum atomic E-state index is -0.482. The highest BCUT2D eigenvalue weighted by Gasteiger charge is 2.08. The Bertz CT molecular complexity index is 479. The van der Waals surface area contributed by atoms with E-state index in [9.17, 15) is 5.11 Å². The molecule has 2 aromatic carbocycles. The van der Waals surface area contributed by atoms with Crippen molar-refractivity contribution in [2.45, 2.75) is 12.5 Å². The number of benzene rings is 2. The molecule has 2 rings (SSSR count). The van der Waals surface area contributed by atoms with Crippen molar-refractivity contribution in [2.75, 3.05) is 0 Å². The van der Waals surface area contributed by atoms with E-state index < -0.39 is 6.10 Å². The lowest BCUT2D eigenvalue weighted by molar-refractivity contribution is 0.178. The SMILES string of the molecule is OC(Cc1ccc(Cl)cc1)c1ccc(Br)cc1. The molecule has 3 heteroatoms. The second-order valence-corrected chi connectivity index (χ2v) is 5.25. The van der Waals surface area contributed by atoms with E-state index in [4.69, 9.17) is 11.6 Å². The largest absolute Gasteiger partial charge is 0.388 e. The summed E-state index contributed by atoms with van der Waals surface area (Å²) < 4.78 is 1.01. The minimum absolute atomic E-state index is 0.482. The Morgan fingerprint density at radius 2 is 1.59 bits per heavy atom. The van der Waals surface area contributed by atoms with Gasteiger partial charge in [0.15, 0.2) is 0 Å². The molecule has 1 atom stereocenters. The monoisotopic (exact) mass is 310 g/mol. The zero-order valence-electron chi connectivity index (χ0n) is 9.11. The first kappa shape index (κ1) is 12.6. The van der Waals surface area contributed by atoms with Crippen molar-refractivity contribution in [3.05, 3.63) is 69.2 Å². The first-order chi connectivity index (χ1) is 8.15. The Hall–Kier alpha value is -0.830. The summed E-state index contributed by atoms with van der Waals surface area (Å²) in [5.41, 5.74) is 1.99. The topological polar surface area (TPSA) is 20.2 Å². The van der Waals surface area contributed by atoms with Gasteiger partial charge in [-0.25, -0.2) is 0 Å². The maximum Gasteiger partial charge on any atom is 0.0830 e. The van der Waals surface area contributed by atoms with Crippen molar-refractivity contribution in [1.29, 1.82) is 0 Å². The van der Waals surface area contributed by atoms with Crippen molar-refractivity contribution in [1.82, 2.24) is 0 Å². The fraction of sp³-hybridized carbons (Fsp3) is 0.143. The van der Waals surface area contributed by atoms with Crippen LogP contribution in [0.15, 0.2) is 53.0 Å². The third kappa shape index (κ3) is 3.56. The van der Waals surface area contributed by atoms with Gasteiger partial charge in [-0.2, -0.15) is 0 Å². The summed E-state index contributed by atoms with van der Waals surface area (Å²) in [5, 5.41) is 10.8. The predicted octanol–water partition coefficient (Wildman–Crippen LogP) is 4.38. The summed E-state index contributed by atoms with van der Waals surface area (Å²) in [6, 6.07) is 15.3. The predicted molar refractivity (Wildman–Crippen MR) is 74.3 cm³/mol. The molecule has 1 unspecified atom stereocenters. The van der Waals surface area contributed by atoms with Crippen LogP contribution in [0, 0.1) is 0 Å². The van der Waals surface area contributed by atoms with Crippen molar-refractivity contribution in [3.8, 4) is 0 Å². The molecule has 0 amide bonds. The molecule has 2 aromatic rings. The van der Waals surface area contributed by atoms with Crippen LogP contribution in [-0.2, 0) is 6.42 Å². The Labute approximate surface area is 114 Å². The Morgan fingerprint density at radius 1 is 1.00 bits per heavy atom. The summed E-state index contributed by atoms with van der Waals surface area (Å²) in [4.78, 5) is 0. The first-order valence-electron chi connectivity index (χ1n) is 5.33. The van der Waals surface area contributed by atoms with Crippen molar-refractivity contribution >= 4 is 27.5 Å². The van der Waals surface area contributed by atoms with E-state index in [-0.39, 0.29) is 0 Å². The molecular formula is C14H12BrClO. The number of hydrogen-bond donors (Lipinski definition) is 1. The van der Waals surface area contributed by atoms with Crippen LogP contribution in [0.2, 0.25) is 5.02 Å². The van der Waals surface area contributed by atoms with Crippen LogP contribution in [0.3, 0.4) is 0 Å². The molecule has 0 aromatic heterocycles. The number of aliphatic hydroxyl groups is 1. The lowest BCUT2D eigenvalue weighted by Crippen LogP contribution is -2.01.